The Morgan fingerprint density at radius 3 is 2.41 bits per heavy atom. The van der Waals surface area contributed by atoms with E-state index in [0.29, 0.717) is 0 Å². The Hall–Kier alpha value is -1.78. The molecule has 4 heteroatoms. The second-order valence-electron chi connectivity index (χ2n) is 6.44. The molecule has 0 fully saturated rings. The number of halogens is 1. The lowest BCUT2D eigenvalue weighted by Gasteiger charge is -2.19. The summed E-state index contributed by atoms with van der Waals surface area (Å²) in [4.78, 5) is 4.71. The van der Waals surface area contributed by atoms with E-state index in [0.717, 1.165) is 20.8 Å². The largest absolute Gasteiger partial charge is 0.236 e. The van der Waals surface area contributed by atoms with Crippen molar-refractivity contribution in [3.05, 3.63) is 60.4 Å². The normalized spacial score (nSPS) is 11.8. The van der Waals surface area contributed by atoms with E-state index in [1.165, 1.54) is 22.9 Å². The van der Waals surface area contributed by atoms with Crippen molar-refractivity contribution >= 4 is 34.8 Å². The van der Waals surface area contributed by atoms with E-state index in [4.69, 9.17) is 4.98 Å². The van der Waals surface area contributed by atoms with Crippen LogP contribution in [-0.4, -0.2) is 13.1 Å². The van der Waals surface area contributed by atoms with E-state index in [1.54, 1.807) is 23.5 Å². The van der Waals surface area contributed by atoms with Crippen molar-refractivity contribution in [1.82, 2.24) is 4.98 Å². The first-order valence-corrected chi connectivity index (χ1v) is 11.5. The summed E-state index contributed by atoms with van der Waals surface area (Å²) in [6.45, 7) is 11.2. The Morgan fingerprint density at radius 2 is 1.77 bits per heavy atom. The number of hydrogen-bond donors (Lipinski definition) is 0. The van der Waals surface area contributed by atoms with E-state index in [9.17, 15) is 4.39 Å². The van der Waals surface area contributed by atoms with Gasteiger partial charge >= 0.3 is 0 Å². The molecule has 0 aliphatic carbocycles. The first-order valence-electron chi connectivity index (χ1n) is 7.21. The minimum Gasteiger partial charge on any atom is -0.236 e. The summed E-state index contributed by atoms with van der Waals surface area (Å²) in [7, 11) is -1.41. The van der Waals surface area contributed by atoms with Crippen LogP contribution in [0, 0.1) is 5.82 Å². The molecule has 0 saturated carbocycles. The van der Waals surface area contributed by atoms with Crippen LogP contribution in [0.15, 0.2) is 49.0 Å². The molecule has 0 aliphatic rings. The van der Waals surface area contributed by atoms with Gasteiger partial charge in [-0.2, -0.15) is 0 Å². The Bertz CT molecular complexity index is 844. The summed E-state index contributed by atoms with van der Waals surface area (Å²) in [5, 5.41) is 2.16. The minimum atomic E-state index is -1.41. The van der Waals surface area contributed by atoms with Crippen LogP contribution >= 0.6 is 11.3 Å². The number of aromatic nitrogens is 1. The predicted octanol–water partition coefficient (Wildman–Crippen LogP) is 5.99. The molecule has 1 aromatic heterocycles. The topological polar surface area (TPSA) is 12.9 Å². The zero-order valence-electron chi connectivity index (χ0n) is 13.0. The van der Waals surface area contributed by atoms with Gasteiger partial charge in [0, 0.05) is 5.56 Å². The second kappa shape index (κ2) is 5.45. The molecule has 0 amide bonds. The molecule has 22 heavy (non-hydrogen) atoms. The lowest BCUT2D eigenvalue weighted by Crippen LogP contribution is -2.21. The van der Waals surface area contributed by atoms with Gasteiger partial charge in [0.1, 0.15) is 10.8 Å². The molecular formula is C18H18FNSSi. The van der Waals surface area contributed by atoms with Gasteiger partial charge in [0.05, 0.1) is 18.3 Å². The van der Waals surface area contributed by atoms with Gasteiger partial charge in [-0.15, -0.1) is 11.3 Å². The minimum absolute atomic E-state index is 0.224. The molecule has 0 N–H and O–H groups in total. The molecule has 0 spiro atoms. The summed E-state index contributed by atoms with van der Waals surface area (Å²) in [6, 6.07) is 12.9. The Labute approximate surface area is 135 Å². The molecule has 0 saturated heterocycles. The number of thiazole rings is 1. The quantitative estimate of drug-likeness (QED) is 0.538. The van der Waals surface area contributed by atoms with Crippen LogP contribution in [0.3, 0.4) is 0 Å². The number of rotatable bonds is 3. The van der Waals surface area contributed by atoms with Gasteiger partial charge in [-0.05, 0) is 42.0 Å². The molecule has 0 unspecified atom stereocenters. The fourth-order valence-corrected chi connectivity index (χ4v) is 4.24. The lowest BCUT2D eigenvalue weighted by molar-refractivity contribution is 0.628. The maximum atomic E-state index is 13.0. The molecule has 1 nitrogen and oxygen atoms in total. The Kier molecular flexibility index (Phi) is 3.74. The molecular weight excluding hydrogens is 309 g/mol. The maximum Gasteiger partial charge on any atom is 0.124 e. The molecule has 0 atom stereocenters. The van der Waals surface area contributed by atoms with Gasteiger partial charge in [0.25, 0.3) is 0 Å². The van der Waals surface area contributed by atoms with Crippen LogP contribution in [0.5, 0.6) is 0 Å². The summed E-state index contributed by atoms with van der Waals surface area (Å²) in [6.07, 6.45) is 0. The highest BCUT2D eigenvalue weighted by Crippen LogP contribution is 2.33. The van der Waals surface area contributed by atoms with Gasteiger partial charge in [-0.3, -0.25) is 0 Å². The third kappa shape index (κ3) is 2.89. The zero-order valence-corrected chi connectivity index (χ0v) is 14.8. The highest BCUT2D eigenvalue weighted by molar-refractivity contribution is 7.21. The van der Waals surface area contributed by atoms with Crippen LogP contribution in [-0.2, 0) is 0 Å². The van der Waals surface area contributed by atoms with Crippen molar-refractivity contribution in [2.75, 3.05) is 0 Å². The number of fused-ring (bicyclic) bond motifs is 1. The van der Waals surface area contributed by atoms with Gasteiger partial charge in [-0.1, -0.05) is 37.5 Å². The first kappa shape index (κ1) is 15.1. The molecule has 2 aromatic carbocycles. The monoisotopic (exact) mass is 327 g/mol. The molecule has 3 rings (SSSR count). The van der Waals surface area contributed by atoms with Crippen molar-refractivity contribution < 1.29 is 4.39 Å². The zero-order chi connectivity index (χ0) is 15.9. The van der Waals surface area contributed by atoms with E-state index in [1.807, 2.05) is 0 Å². The van der Waals surface area contributed by atoms with Crippen LogP contribution in [0.1, 0.15) is 5.56 Å². The van der Waals surface area contributed by atoms with Crippen LogP contribution in [0.4, 0.5) is 4.39 Å². The van der Waals surface area contributed by atoms with E-state index in [2.05, 4.69) is 44.4 Å². The lowest BCUT2D eigenvalue weighted by atomic mass is 10.2. The summed E-state index contributed by atoms with van der Waals surface area (Å²) >= 11 is 1.63. The molecule has 3 aromatic rings. The fourth-order valence-electron chi connectivity index (χ4n) is 2.26. The van der Waals surface area contributed by atoms with Crippen molar-refractivity contribution in [1.29, 1.82) is 0 Å². The van der Waals surface area contributed by atoms with Crippen LogP contribution in [0.25, 0.3) is 26.0 Å². The summed E-state index contributed by atoms with van der Waals surface area (Å²) < 4.78 is 14.2. The highest BCUT2D eigenvalue weighted by Gasteiger charge is 2.19. The average molecular weight is 328 g/mol. The highest BCUT2D eigenvalue weighted by atomic mass is 32.1. The fraction of sp³-hybridized carbons (Fsp3) is 0.167. The van der Waals surface area contributed by atoms with Crippen molar-refractivity contribution in [2.45, 2.75) is 19.6 Å². The molecule has 0 bridgehead atoms. The molecule has 0 aliphatic heterocycles. The second-order valence-corrected chi connectivity index (χ2v) is 12.6. The van der Waals surface area contributed by atoms with Gasteiger partial charge in [0.15, 0.2) is 0 Å². The molecule has 0 radical (unpaired) electrons. The van der Waals surface area contributed by atoms with E-state index >= 15 is 0 Å². The third-order valence-corrected chi connectivity index (χ3v) is 6.92. The summed E-state index contributed by atoms with van der Waals surface area (Å²) in [5.41, 5.74) is 3.12. The van der Waals surface area contributed by atoms with Gasteiger partial charge in [0.2, 0.25) is 0 Å². The maximum absolute atomic E-state index is 13.0. The Morgan fingerprint density at radius 1 is 1.09 bits per heavy atom. The third-order valence-electron chi connectivity index (χ3n) is 3.73. The number of nitrogens with zero attached hydrogens (tertiary/aromatic N) is 1. The first-order chi connectivity index (χ1) is 10.3. The number of benzene rings is 2. The van der Waals surface area contributed by atoms with Gasteiger partial charge < -0.3 is 0 Å². The summed E-state index contributed by atoms with van der Waals surface area (Å²) in [5.74, 6) is -0.224. The van der Waals surface area contributed by atoms with Crippen molar-refractivity contribution in [3.8, 4) is 10.6 Å². The smallest absolute Gasteiger partial charge is 0.124 e. The van der Waals surface area contributed by atoms with Gasteiger partial charge in [-0.25, -0.2) is 9.37 Å². The standard InChI is InChI=1S/C18H18FNSSi/c1-12(22(2,3)4)14-7-10-17-16(11-14)20-18(21-17)13-5-8-15(19)9-6-13/h5-11H,1H2,2-4H3. The molecule has 112 valence electrons. The van der Waals surface area contributed by atoms with Crippen LogP contribution < -0.4 is 0 Å². The molecule has 1 heterocycles. The van der Waals surface area contributed by atoms with E-state index < -0.39 is 8.07 Å². The van der Waals surface area contributed by atoms with Crippen molar-refractivity contribution in [2.24, 2.45) is 0 Å². The van der Waals surface area contributed by atoms with Crippen LogP contribution in [0.2, 0.25) is 19.6 Å². The van der Waals surface area contributed by atoms with Crippen molar-refractivity contribution in [3.63, 3.8) is 0 Å². The SMILES string of the molecule is C=C(c1ccc2sc(-c3ccc(F)cc3)nc2c1)[Si](C)(C)C. The average Bonchev–Trinajstić information content (AvgIpc) is 2.89. The Balaban J connectivity index is 2.04. The predicted molar refractivity (Wildman–Crippen MR) is 97.4 cm³/mol. The van der Waals surface area contributed by atoms with E-state index in [-0.39, 0.29) is 5.82 Å². The number of hydrogen-bond acceptors (Lipinski definition) is 2.